The summed E-state index contributed by atoms with van der Waals surface area (Å²) in [5, 5.41) is 21.3. The number of nitrogens with zero attached hydrogens (tertiary/aromatic N) is 2. The number of non-ortho nitro benzene ring substituents is 1. The number of aryl methyl sites for hydroxylation is 1. The van der Waals surface area contributed by atoms with E-state index in [0.717, 1.165) is 21.7 Å². The Hall–Kier alpha value is -5.59. The fourth-order valence-corrected chi connectivity index (χ4v) is 5.95. The van der Waals surface area contributed by atoms with E-state index in [9.17, 15) is 24.5 Å². The van der Waals surface area contributed by atoms with Gasteiger partial charge in [0.15, 0.2) is 5.13 Å². The van der Waals surface area contributed by atoms with Crippen LogP contribution < -0.4 is 16.0 Å². The molecule has 1 atom stereocenters. The Balaban J connectivity index is 1.26. The molecule has 0 aliphatic heterocycles. The number of carbonyl (C=O) groups excluding carboxylic acids is 3. The third-order valence-electron chi connectivity index (χ3n) is 6.80. The van der Waals surface area contributed by atoms with E-state index in [4.69, 9.17) is 0 Å². The maximum Gasteiger partial charge on any atom is 0.272 e. The molecular formula is C35H29N5O5S2. The highest BCUT2D eigenvalue weighted by molar-refractivity contribution is 8.00. The molecule has 5 aromatic rings. The number of carbonyl (C=O) groups is 3. The van der Waals surface area contributed by atoms with Gasteiger partial charge in [-0.25, -0.2) is 4.98 Å². The van der Waals surface area contributed by atoms with Crippen LogP contribution in [-0.2, 0) is 9.59 Å². The fourth-order valence-electron chi connectivity index (χ4n) is 4.30. The van der Waals surface area contributed by atoms with Crippen molar-refractivity contribution in [1.29, 1.82) is 0 Å². The van der Waals surface area contributed by atoms with Gasteiger partial charge in [-0.3, -0.25) is 24.5 Å². The Kier molecular flexibility index (Phi) is 10.6. The molecule has 1 heterocycles. The lowest BCUT2D eigenvalue weighted by Crippen LogP contribution is -2.30. The van der Waals surface area contributed by atoms with E-state index in [2.05, 4.69) is 20.9 Å². The van der Waals surface area contributed by atoms with Crippen LogP contribution in [0, 0.1) is 17.0 Å². The summed E-state index contributed by atoms with van der Waals surface area (Å²) < 4.78 is 0. The Morgan fingerprint density at radius 3 is 2.34 bits per heavy atom. The molecule has 3 N–H and O–H groups in total. The number of nitrogens with one attached hydrogen (secondary N) is 3. The van der Waals surface area contributed by atoms with Crippen LogP contribution in [0.4, 0.5) is 16.5 Å². The Morgan fingerprint density at radius 1 is 0.915 bits per heavy atom. The quantitative estimate of drug-likeness (QED) is 0.0573. The van der Waals surface area contributed by atoms with Crippen LogP contribution in [0.2, 0.25) is 0 Å². The summed E-state index contributed by atoms with van der Waals surface area (Å²) >= 11 is 2.67. The molecule has 0 saturated heterocycles. The van der Waals surface area contributed by atoms with Gasteiger partial charge < -0.3 is 16.0 Å². The van der Waals surface area contributed by atoms with Crippen LogP contribution in [0.3, 0.4) is 0 Å². The molecule has 0 saturated carbocycles. The number of anilines is 2. The van der Waals surface area contributed by atoms with E-state index in [-0.39, 0.29) is 17.3 Å². The average molecular weight is 664 g/mol. The van der Waals surface area contributed by atoms with Crippen molar-refractivity contribution in [3.8, 4) is 11.3 Å². The van der Waals surface area contributed by atoms with Crippen molar-refractivity contribution in [3.05, 3.63) is 141 Å². The second kappa shape index (κ2) is 15.1. The monoisotopic (exact) mass is 663 g/mol. The third-order valence-corrected chi connectivity index (χ3v) is 8.65. The average Bonchev–Trinajstić information content (AvgIpc) is 3.53. The SMILES string of the molecule is Cc1ccc(-c2csc(NC(=O)C(C)Sc3cccc(NC(=O)/C(=C\c4ccc([N+](=O)[O-])cc4)NC(=O)c4ccccc4)c3)n2)cc1. The lowest BCUT2D eigenvalue weighted by atomic mass is 10.1. The van der Waals surface area contributed by atoms with Gasteiger partial charge in [0.1, 0.15) is 5.70 Å². The van der Waals surface area contributed by atoms with E-state index in [1.54, 1.807) is 55.5 Å². The second-order valence-corrected chi connectivity index (χ2v) is 12.6. The van der Waals surface area contributed by atoms with Gasteiger partial charge in [0.25, 0.3) is 17.5 Å². The molecule has 0 aliphatic carbocycles. The highest BCUT2D eigenvalue weighted by atomic mass is 32.2. The normalized spacial score (nSPS) is 11.7. The predicted octanol–water partition coefficient (Wildman–Crippen LogP) is 7.56. The van der Waals surface area contributed by atoms with Crippen LogP contribution >= 0.6 is 23.1 Å². The van der Waals surface area contributed by atoms with Gasteiger partial charge in [-0.05, 0) is 68.0 Å². The summed E-state index contributed by atoms with van der Waals surface area (Å²) in [6.07, 6.45) is 1.44. The van der Waals surface area contributed by atoms with Crippen LogP contribution in [0.25, 0.3) is 17.3 Å². The second-order valence-electron chi connectivity index (χ2n) is 10.4. The summed E-state index contributed by atoms with van der Waals surface area (Å²) in [5.74, 6) is -1.32. The number of thioether (sulfide) groups is 1. The molecule has 10 nitrogen and oxygen atoms in total. The zero-order valence-corrected chi connectivity index (χ0v) is 26.9. The summed E-state index contributed by atoms with van der Waals surface area (Å²) in [7, 11) is 0. The summed E-state index contributed by atoms with van der Waals surface area (Å²) in [4.78, 5) is 55.2. The molecule has 0 radical (unpaired) electrons. The molecule has 4 aromatic carbocycles. The minimum absolute atomic E-state index is 0.0630. The van der Waals surface area contributed by atoms with Crippen molar-refractivity contribution >= 4 is 63.4 Å². The maximum atomic E-state index is 13.4. The number of hydrogen-bond donors (Lipinski definition) is 3. The number of nitro benzene ring substituents is 1. The minimum atomic E-state index is -0.603. The molecule has 1 aromatic heterocycles. The molecule has 3 amide bonds. The highest BCUT2D eigenvalue weighted by Gasteiger charge is 2.19. The summed E-state index contributed by atoms with van der Waals surface area (Å²) in [5.41, 5.74) is 4.02. The molecule has 12 heteroatoms. The molecule has 0 spiro atoms. The van der Waals surface area contributed by atoms with Gasteiger partial charge in [0.05, 0.1) is 15.9 Å². The zero-order valence-electron chi connectivity index (χ0n) is 25.3. The van der Waals surface area contributed by atoms with Gasteiger partial charge in [-0.1, -0.05) is 54.1 Å². The smallest absolute Gasteiger partial charge is 0.272 e. The van der Waals surface area contributed by atoms with Crippen LogP contribution in [-0.4, -0.2) is 32.9 Å². The fraction of sp³-hybridized carbons (Fsp3) is 0.0857. The van der Waals surface area contributed by atoms with Crippen molar-refractivity contribution in [2.45, 2.75) is 24.0 Å². The first kappa shape index (κ1) is 32.8. The van der Waals surface area contributed by atoms with Gasteiger partial charge in [0, 0.05) is 39.2 Å². The molecular weight excluding hydrogens is 635 g/mol. The van der Waals surface area contributed by atoms with E-state index < -0.39 is 22.0 Å². The van der Waals surface area contributed by atoms with Gasteiger partial charge >= 0.3 is 0 Å². The molecule has 0 fully saturated rings. The number of nitro groups is 1. The minimum Gasteiger partial charge on any atom is -0.321 e. The van der Waals surface area contributed by atoms with Crippen LogP contribution in [0.5, 0.6) is 0 Å². The number of hydrogen-bond acceptors (Lipinski definition) is 8. The van der Waals surface area contributed by atoms with Crippen molar-refractivity contribution in [2.75, 3.05) is 10.6 Å². The van der Waals surface area contributed by atoms with E-state index in [0.29, 0.717) is 21.9 Å². The number of benzene rings is 4. The number of aromatic nitrogens is 1. The first-order valence-electron chi connectivity index (χ1n) is 14.4. The standard InChI is InChI=1S/C35H29N5O5S2/c1-22-11-15-25(16-12-22)31-21-46-35(38-31)39-32(41)23(2)47-29-10-6-9-27(20-29)36-34(43)30(37-33(42)26-7-4-3-5-8-26)19-24-13-17-28(18-14-24)40(44)45/h3-21,23H,1-2H3,(H,36,43)(H,37,42)(H,38,39,41)/b30-19+. The van der Waals surface area contributed by atoms with Crippen molar-refractivity contribution in [3.63, 3.8) is 0 Å². The Bertz CT molecular complexity index is 1940. The number of thiazole rings is 1. The zero-order chi connectivity index (χ0) is 33.3. The molecule has 1 unspecified atom stereocenters. The van der Waals surface area contributed by atoms with Crippen molar-refractivity contribution in [2.24, 2.45) is 0 Å². The summed E-state index contributed by atoms with van der Waals surface area (Å²) in [6, 6.07) is 29.0. The maximum absolute atomic E-state index is 13.4. The first-order chi connectivity index (χ1) is 22.6. The lowest BCUT2D eigenvalue weighted by Gasteiger charge is -2.13. The molecule has 236 valence electrons. The highest BCUT2D eigenvalue weighted by Crippen LogP contribution is 2.29. The van der Waals surface area contributed by atoms with Gasteiger partial charge in [-0.2, -0.15) is 0 Å². The van der Waals surface area contributed by atoms with E-state index in [1.165, 1.54) is 53.4 Å². The predicted molar refractivity (Wildman–Crippen MR) is 186 cm³/mol. The lowest BCUT2D eigenvalue weighted by molar-refractivity contribution is -0.384. The molecule has 0 aliphatic rings. The molecule has 0 bridgehead atoms. The van der Waals surface area contributed by atoms with E-state index >= 15 is 0 Å². The Morgan fingerprint density at radius 2 is 1.64 bits per heavy atom. The topological polar surface area (TPSA) is 143 Å². The first-order valence-corrected chi connectivity index (χ1v) is 16.1. The molecule has 47 heavy (non-hydrogen) atoms. The van der Waals surface area contributed by atoms with Crippen molar-refractivity contribution < 1.29 is 19.3 Å². The largest absolute Gasteiger partial charge is 0.321 e. The van der Waals surface area contributed by atoms with Gasteiger partial charge in [0.2, 0.25) is 5.91 Å². The van der Waals surface area contributed by atoms with Gasteiger partial charge in [-0.15, -0.1) is 23.1 Å². The number of amides is 3. The van der Waals surface area contributed by atoms with Crippen LogP contribution in [0.15, 0.2) is 119 Å². The molecule has 5 rings (SSSR count). The van der Waals surface area contributed by atoms with Crippen LogP contribution in [0.1, 0.15) is 28.4 Å². The third kappa shape index (κ3) is 9.00. The van der Waals surface area contributed by atoms with E-state index in [1.807, 2.05) is 42.6 Å². The summed E-state index contributed by atoms with van der Waals surface area (Å²) in [6.45, 7) is 3.80. The Labute approximate surface area is 279 Å². The van der Waals surface area contributed by atoms with Crippen molar-refractivity contribution in [1.82, 2.24) is 10.3 Å². The number of rotatable bonds is 11.